The molecule has 4 heteroatoms. The predicted octanol–water partition coefficient (Wildman–Crippen LogP) is 3.06. The number of aliphatic hydroxyl groups is 1. The maximum absolute atomic E-state index is 9.51. The van der Waals surface area contributed by atoms with E-state index < -0.39 is 6.10 Å². The lowest BCUT2D eigenvalue weighted by Gasteiger charge is -2.29. The molecule has 1 fully saturated rings. The number of hydrogen-bond donors (Lipinski definition) is 1. The first-order valence-corrected chi connectivity index (χ1v) is 7.43. The Morgan fingerprint density at radius 2 is 2.06 bits per heavy atom. The van der Waals surface area contributed by atoms with Gasteiger partial charge in [0.15, 0.2) is 0 Å². The van der Waals surface area contributed by atoms with E-state index in [0.29, 0.717) is 0 Å². The van der Waals surface area contributed by atoms with Gasteiger partial charge in [0.2, 0.25) is 0 Å². The van der Waals surface area contributed by atoms with Gasteiger partial charge >= 0.3 is 0 Å². The second-order valence-electron chi connectivity index (χ2n) is 3.99. The zero-order chi connectivity index (χ0) is 11.5. The first-order chi connectivity index (χ1) is 7.68. The molecule has 0 aromatic heterocycles. The minimum atomic E-state index is -0.401. The molecule has 1 aliphatic rings. The molecule has 16 heavy (non-hydrogen) atoms. The Kier molecular flexibility index (Phi) is 4.16. The second kappa shape index (κ2) is 5.43. The average Bonchev–Trinajstić information content (AvgIpc) is 2.30. The fraction of sp³-hybridized carbons (Fsp3) is 0.500. The third-order valence-electron chi connectivity index (χ3n) is 2.81. The first kappa shape index (κ1) is 12.3. The summed E-state index contributed by atoms with van der Waals surface area (Å²) in [5, 5.41) is 9.51. The minimum absolute atomic E-state index is 0.401. The molecule has 2 nitrogen and oxygen atoms in total. The molecule has 0 unspecified atom stereocenters. The van der Waals surface area contributed by atoms with Crippen molar-refractivity contribution in [3.63, 3.8) is 0 Å². The van der Waals surface area contributed by atoms with Gasteiger partial charge in [0, 0.05) is 29.1 Å². The van der Waals surface area contributed by atoms with E-state index in [4.69, 9.17) is 0 Å². The summed E-state index contributed by atoms with van der Waals surface area (Å²) in [6, 6.07) is 6.12. The fourth-order valence-electron chi connectivity index (χ4n) is 1.84. The highest BCUT2D eigenvalue weighted by atomic mass is 79.9. The Balaban J connectivity index is 2.21. The third kappa shape index (κ3) is 2.73. The Labute approximate surface area is 109 Å². The number of rotatable bonds is 2. The minimum Gasteiger partial charge on any atom is -0.389 e. The molecule has 0 bridgehead atoms. The quantitative estimate of drug-likeness (QED) is 0.908. The maximum Gasteiger partial charge on any atom is 0.0762 e. The highest BCUT2D eigenvalue weighted by molar-refractivity contribution is 9.10. The number of hydrogen-bond acceptors (Lipinski definition) is 3. The third-order valence-corrected chi connectivity index (χ3v) is 4.38. The molecule has 1 saturated heterocycles. The van der Waals surface area contributed by atoms with Gasteiger partial charge in [0.25, 0.3) is 0 Å². The topological polar surface area (TPSA) is 23.5 Å². The molecular formula is C12H16BrNOS. The largest absolute Gasteiger partial charge is 0.389 e. The standard InChI is InChI=1S/C12H16BrNOS/c1-9(15)10-2-3-12(11(13)8-10)14-4-6-16-7-5-14/h2-3,8-9,15H,4-7H2,1H3/t9-/m1/s1. The zero-order valence-electron chi connectivity index (χ0n) is 9.32. The van der Waals surface area contributed by atoms with E-state index in [9.17, 15) is 5.11 Å². The van der Waals surface area contributed by atoms with E-state index in [1.54, 1.807) is 6.92 Å². The van der Waals surface area contributed by atoms with Gasteiger partial charge in [0.1, 0.15) is 0 Å². The molecule has 0 saturated carbocycles. The van der Waals surface area contributed by atoms with Crippen molar-refractivity contribution in [2.45, 2.75) is 13.0 Å². The number of anilines is 1. The van der Waals surface area contributed by atoms with Crippen LogP contribution in [0.4, 0.5) is 5.69 Å². The summed E-state index contributed by atoms with van der Waals surface area (Å²) in [5.41, 5.74) is 2.20. The maximum atomic E-state index is 9.51. The average molecular weight is 302 g/mol. The van der Waals surface area contributed by atoms with E-state index in [1.165, 1.54) is 17.2 Å². The number of nitrogens with zero attached hydrogens (tertiary/aromatic N) is 1. The van der Waals surface area contributed by atoms with Gasteiger partial charge in [-0.25, -0.2) is 0 Å². The van der Waals surface area contributed by atoms with E-state index in [1.807, 2.05) is 23.9 Å². The highest BCUT2D eigenvalue weighted by Crippen LogP contribution is 2.30. The van der Waals surface area contributed by atoms with Crippen LogP contribution >= 0.6 is 27.7 Å². The Morgan fingerprint density at radius 3 is 2.62 bits per heavy atom. The van der Waals surface area contributed by atoms with Crippen LogP contribution in [-0.4, -0.2) is 29.7 Å². The van der Waals surface area contributed by atoms with Gasteiger partial charge in [-0.05, 0) is 40.5 Å². The summed E-state index contributed by atoms with van der Waals surface area (Å²) in [6.07, 6.45) is -0.401. The summed E-state index contributed by atoms with van der Waals surface area (Å²) in [5.74, 6) is 2.40. The van der Waals surface area contributed by atoms with Crippen molar-refractivity contribution in [2.24, 2.45) is 0 Å². The van der Waals surface area contributed by atoms with Gasteiger partial charge in [-0.1, -0.05) is 6.07 Å². The van der Waals surface area contributed by atoms with Crippen molar-refractivity contribution >= 4 is 33.4 Å². The van der Waals surface area contributed by atoms with E-state index in [-0.39, 0.29) is 0 Å². The van der Waals surface area contributed by atoms with Crippen molar-refractivity contribution in [3.8, 4) is 0 Å². The summed E-state index contributed by atoms with van der Waals surface area (Å²) >= 11 is 5.60. The summed E-state index contributed by atoms with van der Waals surface area (Å²) in [4.78, 5) is 2.40. The van der Waals surface area contributed by atoms with Gasteiger partial charge in [-0.3, -0.25) is 0 Å². The highest BCUT2D eigenvalue weighted by Gasteiger charge is 2.14. The number of benzene rings is 1. The molecule has 88 valence electrons. The van der Waals surface area contributed by atoms with Gasteiger partial charge in [-0.2, -0.15) is 11.8 Å². The lowest BCUT2D eigenvalue weighted by molar-refractivity contribution is 0.199. The molecule has 1 aromatic carbocycles. The van der Waals surface area contributed by atoms with Crippen LogP contribution in [0.15, 0.2) is 22.7 Å². The smallest absolute Gasteiger partial charge is 0.0762 e. The Bertz CT molecular complexity index is 364. The van der Waals surface area contributed by atoms with Crippen LogP contribution in [0.1, 0.15) is 18.6 Å². The lowest BCUT2D eigenvalue weighted by Crippen LogP contribution is -2.32. The lowest BCUT2D eigenvalue weighted by atomic mass is 10.1. The van der Waals surface area contributed by atoms with Crippen LogP contribution < -0.4 is 4.90 Å². The molecule has 0 spiro atoms. The van der Waals surface area contributed by atoms with Crippen LogP contribution in [0, 0.1) is 0 Å². The Hall–Kier alpha value is -0.190. The molecule has 0 aliphatic carbocycles. The number of thioether (sulfide) groups is 1. The number of halogens is 1. The van der Waals surface area contributed by atoms with Crippen molar-refractivity contribution in [3.05, 3.63) is 28.2 Å². The summed E-state index contributed by atoms with van der Waals surface area (Å²) in [7, 11) is 0. The van der Waals surface area contributed by atoms with Crippen molar-refractivity contribution in [1.82, 2.24) is 0 Å². The molecule has 1 aromatic rings. The van der Waals surface area contributed by atoms with Gasteiger partial charge in [-0.15, -0.1) is 0 Å². The Morgan fingerprint density at radius 1 is 1.38 bits per heavy atom. The molecule has 0 amide bonds. The summed E-state index contributed by atoms with van der Waals surface area (Å²) < 4.78 is 1.08. The SMILES string of the molecule is C[C@@H](O)c1ccc(N2CCSCC2)c(Br)c1. The van der Waals surface area contributed by atoms with Crippen molar-refractivity contribution in [1.29, 1.82) is 0 Å². The molecule has 0 radical (unpaired) electrons. The zero-order valence-corrected chi connectivity index (χ0v) is 11.7. The normalized spacial score (nSPS) is 18.6. The van der Waals surface area contributed by atoms with E-state index in [0.717, 1.165) is 23.1 Å². The second-order valence-corrected chi connectivity index (χ2v) is 6.07. The van der Waals surface area contributed by atoms with Crippen LogP contribution in [0.25, 0.3) is 0 Å². The van der Waals surface area contributed by atoms with Gasteiger partial charge in [0.05, 0.1) is 11.8 Å². The molecule has 1 aliphatic heterocycles. The van der Waals surface area contributed by atoms with Crippen LogP contribution in [0.2, 0.25) is 0 Å². The van der Waals surface area contributed by atoms with Crippen LogP contribution in [-0.2, 0) is 0 Å². The van der Waals surface area contributed by atoms with Gasteiger partial charge < -0.3 is 10.0 Å². The number of aliphatic hydroxyl groups excluding tert-OH is 1. The van der Waals surface area contributed by atoms with Crippen LogP contribution in [0.3, 0.4) is 0 Å². The molecular weight excluding hydrogens is 286 g/mol. The monoisotopic (exact) mass is 301 g/mol. The fourth-order valence-corrected chi connectivity index (χ4v) is 3.39. The first-order valence-electron chi connectivity index (χ1n) is 5.48. The molecule has 1 atom stereocenters. The van der Waals surface area contributed by atoms with E-state index in [2.05, 4.69) is 26.9 Å². The van der Waals surface area contributed by atoms with E-state index >= 15 is 0 Å². The molecule has 2 rings (SSSR count). The van der Waals surface area contributed by atoms with Crippen molar-refractivity contribution < 1.29 is 5.11 Å². The molecule has 1 heterocycles. The predicted molar refractivity (Wildman–Crippen MR) is 74.3 cm³/mol. The van der Waals surface area contributed by atoms with Crippen LogP contribution in [0.5, 0.6) is 0 Å². The summed E-state index contributed by atoms with van der Waals surface area (Å²) in [6.45, 7) is 4.01. The molecule has 1 N–H and O–H groups in total. The van der Waals surface area contributed by atoms with Crippen molar-refractivity contribution in [2.75, 3.05) is 29.5 Å².